The van der Waals surface area contributed by atoms with E-state index in [9.17, 15) is 27.3 Å². The summed E-state index contributed by atoms with van der Waals surface area (Å²) in [7, 11) is -4.33. The lowest BCUT2D eigenvalue weighted by molar-refractivity contribution is -0.384. The number of hydrogen-bond acceptors (Lipinski definition) is 6. The number of anilines is 1. The van der Waals surface area contributed by atoms with Crippen molar-refractivity contribution in [3.8, 4) is 5.75 Å². The molecule has 0 aliphatic heterocycles. The van der Waals surface area contributed by atoms with Gasteiger partial charge in [-0.05, 0) is 61.0 Å². The van der Waals surface area contributed by atoms with E-state index >= 15 is 0 Å². The molecule has 0 aliphatic rings. The molecule has 4 aromatic carbocycles. The standard InChI is InChI=1S/C28H23ClF2N2O5S2/c29-21-6-13-25(14-7-21)40(36,37)32(27-18-22(30)8-15-26(27)31)19-20-4-1-2-5-28(20)38-16-3-17-39-24-11-9-23(10-12-24)33(34)35/h1-2,4-15,18H,3,16-17,19H2. The Labute approximate surface area is 239 Å². The number of sulfonamides is 1. The Morgan fingerprint density at radius 3 is 2.35 bits per heavy atom. The lowest BCUT2D eigenvalue weighted by Crippen LogP contribution is -2.31. The topological polar surface area (TPSA) is 89.8 Å². The van der Waals surface area contributed by atoms with Gasteiger partial charge in [0.25, 0.3) is 15.7 Å². The SMILES string of the molecule is O=[N+]([O-])c1ccc(SCCCOc2ccccc2CN(c2cc(F)ccc2F)S(=O)(=O)c2ccc(Cl)cc2)cc1. The zero-order chi connectivity index (χ0) is 28.7. The summed E-state index contributed by atoms with van der Waals surface area (Å²) >= 11 is 7.43. The molecule has 7 nitrogen and oxygen atoms in total. The lowest BCUT2D eigenvalue weighted by Gasteiger charge is -2.26. The molecule has 12 heteroatoms. The van der Waals surface area contributed by atoms with Gasteiger partial charge in [0.05, 0.1) is 28.7 Å². The quantitative estimate of drug-likeness (QED) is 0.0720. The molecule has 4 rings (SSSR count). The van der Waals surface area contributed by atoms with E-state index in [1.54, 1.807) is 36.4 Å². The number of ether oxygens (including phenoxy) is 1. The first-order valence-corrected chi connectivity index (χ1v) is 14.8. The molecule has 0 aromatic heterocycles. The number of nitro groups is 1. The summed E-state index contributed by atoms with van der Waals surface area (Å²) in [5.74, 6) is -0.620. The molecule has 0 fully saturated rings. The molecule has 208 valence electrons. The fourth-order valence-corrected chi connectivity index (χ4v) is 6.13. The highest BCUT2D eigenvalue weighted by atomic mass is 35.5. The molecular formula is C28H23ClF2N2O5S2. The molecule has 0 radical (unpaired) electrons. The van der Waals surface area contributed by atoms with E-state index in [1.165, 1.54) is 48.2 Å². The van der Waals surface area contributed by atoms with Crippen LogP contribution in [0, 0.1) is 21.7 Å². The lowest BCUT2D eigenvalue weighted by atomic mass is 10.2. The van der Waals surface area contributed by atoms with Crippen LogP contribution in [0.5, 0.6) is 5.75 Å². The predicted octanol–water partition coefficient (Wildman–Crippen LogP) is 7.48. The molecule has 0 atom stereocenters. The number of nitrogens with zero attached hydrogens (tertiary/aromatic N) is 2. The average Bonchev–Trinajstić information content (AvgIpc) is 2.94. The van der Waals surface area contributed by atoms with Crippen molar-refractivity contribution in [3.63, 3.8) is 0 Å². The van der Waals surface area contributed by atoms with Crippen molar-refractivity contribution >= 4 is 44.8 Å². The van der Waals surface area contributed by atoms with Gasteiger partial charge >= 0.3 is 0 Å². The molecule has 0 heterocycles. The van der Waals surface area contributed by atoms with Gasteiger partial charge in [0.15, 0.2) is 0 Å². The van der Waals surface area contributed by atoms with E-state index < -0.39 is 32.3 Å². The first-order valence-electron chi connectivity index (χ1n) is 12.0. The van der Waals surface area contributed by atoms with Crippen molar-refractivity contribution in [2.45, 2.75) is 22.8 Å². The van der Waals surface area contributed by atoms with Gasteiger partial charge in [-0.15, -0.1) is 11.8 Å². The third kappa shape index (κ3) is 7.29. The smallest absolute Gasteiger partial charge is 0.269 e. The number of halogens is 3. The van der Waals surface area contributed by atoms with E-state index in [4.69, 9.17) is 16.3 Å². The number of rotatable bonds is 12. The van der Waals surface area contributed by atoms with Gasteiger partial charge in [-0.25, -0.2) is 17.2 Å². The number of nitro benzene ring substituents is 1. The molecule has 0 saturated carbocycles. The number of thioether (sulfide) groups is 1. The second-order valence-corrected chi connectivity index (χ2v) is 11.9. The van der Waals surface area contributed by atoms with E-state index in [0.29, 0.717) is 35.1 Å². The summed E-state index contributed by atoms with van der Waals surface area (Å²) in [5, 5.41) is 11.1. The maximum absolute atomic E-state index is 14.9. The third-order valence-electron chi connectivity index (χ3n) is 5.73. The van der Waals surface area contributed by atoms with Crippen molar-refractivity contribution in [1.82, 2.24) is 0 Å². The molecule has 0 amide bonds. The third-order valence-corrected chi connectivity index (χ3v) is 8.85. The Balaban J connectivity index is 1.50. The van der Waals surface area contributed by atoms with Crippen LogP contribution < -0.4 is 9.04 Å². The Hall–Kier alpha value is -3.67. The molecule has 0 unspecified atom stereocenters. The summed E-state index contributed by atoms with van der Waals surface area (Å²) in [4.78, 5) is 11.1. The van der Waals surface area contributed by atoms with Crippen molar-refractivity contribution in [2.75, 3.05) is 16.7 Å². The van der Waals surface area contributed by atoms with Crippen LogP contribution in [0.25, 0.3) is 0 Å². The van der Waals surface area contributed by atoms with E-state index in [0.717, 1.165) is 27.4 Å². The molecule has 0 aliphatic carbocycles. The molecule has 0 N–H and O–H groups in total. The van der Waals surface area contributed by atoms with E-state index in [-0.39, 0.29) is 17.1 Å². The van der Waals surface area contributed by atoms with Crippen LogP contribution in [0.3, 0.4) is 0 Å². The van der Waals surface area contributed by atoms with Crippen molar-refractivity contribution in [1.29, 1.82) is 0 Å². The summed E-state index contributed by atoms with van der Waals surface area (Å²) in [6, 6.07) is 21.0. The van der Waals surface area contributed by atoms with Gasteiger partial charge in [-0.2, -0.15) is 0 Å². The van der Waals surface area contributed by atoms with Gasteiger partial charge in [-0.3, -0.25) is 14.4 Å². The highest BCUT2D eigenvalue weighted by Crippen LogP contribution is 2.32. The summed E-state index contributed by atoms with van der Waals surface area (Å²) in [6.45, 7) is -0.0195. The molecule has 0 bridgehead atoms. The van der Waals surface area contributed by atoms with E-state index in [1.807, 2.05) is 0 Å². The zero-order valence-electron chi connectivity index (χ0n) is 20.9. The summed E-state index contributed by atoms with van der Waals surface area (Å²) < 4.78 is 63.0. The Morgan fingerprint density at radius 2 is 1.65 bits per heavy atom. The Morgan fingerprint density at radius 1 is 0.950 bits per heavy atom. The van der Waals surface area contributed by atoms with Crippen LogP contribution in [0.1, 0.15) is 12.0 Å². The number of benzene rings is 4. The first-order chi connectivity index (χ1) is 19.1. The van der Waals surface area contributed by atoms with Crippen molar-refractivity contribution in [3.05, 3.63) is 123 Å². The van der Waals surface area contributed by atoms with Crippen molar-refractivity contribution < 1.29 is 26.9 Å². The maximum Gasteiger partial charge on any atom is 0.269 e. The van der Waals surface area contributed by atoms with Gasteiger partial charge in [-0.1, -0.05) is 29.8 Å². The first kappa shape index (κ1) is 29.3. The molecule has 0 spiro atoms. The second-order valence-electron chi connectivity index (χ2n) is 8.47. The largest absolute Gasteiger partial charge is 0.493 e. The molecular weight excluding hydrogens is 582 g/mol. The van der Waals surface area contributed by atoms with Crippen LogP contribution in [0.15, 0.2) is 101 Å². The average molecular weight is 605 g/mol. The monoisotopic (exact) mass is 604 g/mol. The maximum atomic E-state index is 14.9. The normalized spacial score (nSPS) is 11.3. The predicted molar refractivity (Wildman–Crippen MR) is 152 cm³/mol. The van der Waals surface area contributed by atoms with Crippen LogP contribution >= 0.6 is 23.4 Å². The second kappa shape index (κ2) is 13.1. The summed E-state index contributed by atoms with van der Waals surface area (Å²) in [5.41, 5.74) is 0.0329. The number of hydrogen-bond donors (Lipinski definition) is 0. The molecule has 4 aromatic rings. The molecule has 40 heavy (non-hydrogen) atoms. The minimum atomic E-state index is -4.33. The Kier molecular flexibility index (Phi) is 9.62. The van der Waals surface area contributed by atoms with Gasteiger partial charge in [0, 0.05) is 39.4 Å². The fraction of sp³-hybridized carbons (Fsp3) is 0.143. The fourth-order valence-electron chi connectivity index (χ4n) is 3.74. The molecule has 0 saturated heterocycles. The van der Waals surface area contributed by atoms with Gasteiger partial charge < -0.3 is 4.74 Å². The van der Waals surface area contributed by atoms with Gasteiger partial charge in [0.1, 0.15) is 17.4 Å². The van der Waals surface area contributed by atoms with Gasteiger partial charge in [0.2, 0.25) is 0 Å². The highest BCUT2D eigenvalue weighted by Gasteiger charge is 2.29. The highest BCUT2D eigenvalue weighted by molar-refractivity contribution is 7.99. The van der Waals surface area contributed by atoms with Crippen LogP contribution in [-0.2, 0) is 16.6 Å². The number of non-ortho nitro benzene ring substituents is 1. The minimum Gasteiger partial charge on any atom is -0.493 e. The minimum absolute atomic E-state index is 0.0227. The van der Waals surface area contributed by atoms with Crippen LogP contribution in [0.2, 0.25) is 5.02 Å². The number of para-hydroxylation sites is 1. The van der Waals surface area contributed by atoms with E-state index in [2.05, 4.69) is 0 Å². The zero-order valence-corrected chi connectivity index (χ0v) is 23.3. The van der Waals surface area contributed by atoms with Crippen molar-refractivity contribution in [2.24, 2.45) is 0 Å². The Bertz CT molecular complexity index is 1590. The summed E-state index contributed by atoms with van der Waals surface area (Å²) in [6.07, 6.45) is 0.626. The van der Waals surface area contributed by atoms with Crippen LogP contribution in [-0.4, -0.2) is 25.7 Å². The van der Waals surface area contributed by atoms with Crippen LogP contribution in [0.4, 0.5) is 20.2 Å².